The average molecular weight is 806 g/mol. The number of carbonyl (C=O) groups excluding carboxylic acids is 1. The second-order valence-electron chi connectivity index (χ2n) is 18.2. The smallest absolute Gasteiger partial charge is 0.311 e. The number of ether oxygens (including phenoxy) is 6. The summed E-state index contributed by atoms with van der Waals surface area (Å²) in [6.45, 7) is 20.9. The molecule has 15 heteroatoms. The molecule has 0 unspecified atom stereocenters. The van der Waals surface area contributed by atoms with E-state index in [2.05, 4.69) is 10.6 Å². The first kappa shape index (κ1) is 49.3. The molecule has 3 rings (SSSR count). The summed E-state index contributed by atoms with van der Waals surface area (Å²) in [5.74, 6) is -2.66. The summed E-state index contributed by atoms with van der Waals surface area (Å²) in [4.78, 5) is 16.2. The molecule has 3 fully saturated rings. The van der Waals surface area contributed by atoms with E-state index in [1.165, 1.54) is 14.0 Å². The highest BCUT2D eigenvalue weighted by molar-refractivity contribution is 5.73. The molecule has 15 nitrogen and oxygen atoms in total. The molecule has 0 amide bonds. The normalized spacial score (nSPS) is 47.9. The van der Waals surface area contributed by atoms with Crippen molar-refractivity contribution in [2.24, 2.45) is 17.8 Å². The first-order valence-corrected chi connectivity index (χ1v) is 20.9. The van der Waals surface area contributed by atoms with Crippen molar-refractivity contribution >= 4 is 5.97 Å². The lowest BCUT2D eigenvalue weighted by atomic mass is 9.75. The average Bonchev–Trinajstić information content (AvgIpc) is 3.12. The molecule has 0 radical (unpaired) electrons. The molecule has 0 aromatic heterocycles. The standard InChI is InChI=1S/C41H79N3O12/c1-15-17-42-22-41(50)28(8)53-31(20-39(41,10)51-14)55-33-25(5)35(56-37-32(45)29(44(12)13)18-24(4)52-37)38(9,48)19-23(3)21-43-27(7)34(46)40(11,49)30(16-2)54-36(47)26(33)6/h23-35,37,42-43,45-46,48-50H,15-22H2,1-14H3/t23-,24-,25+,26-,27+,28+,29+,30+,31+,32-,33+,34-,35-,37+,38+,39-,40-,41-/m1/s1. The predicted molar refractivity (Wildman–Crippen MR) is 212 cm³/mol. The highest BCUT2D eigenvalue weighted by Crippen LogP contribution is 2.43. The second-order valence-corrected chi connectivity index (χ2v) is 18.2. The van der Waals surface area contributed by atoms with Crippen LogP contribution in [0.4, 0.5) is 0 Å². The molecule has 3 aliphatic rings. The van der Waals surface area contributed by atoms with Gasteiger partial charge in [-0.1, -0.05) is 27.7 Å². The maximum Gasteiger partial charge on any atom is 0.311 e. The third-order valence-electron chi connectivity index (χ3n) is 13.0. The van der Waals surface area contributed by atoms with Crippen molar-refractivity contribution < 1.29 is 58.7 Å². The van der Waals surface area contributed by atoms with Gasteiger partial charge in [-0.25, -0.2) is 0 Å². The van der Waals surface area contributed by atoms with Crippen LogP contribution in [0.25, 0.3) is 0 Å². The number of cyclic esters (lactones) is 1. The fraction of sp³-hybridized carbons (Fsp3) is 0.976. The van der Waals surface area contributed by atoms with Crippen LogP contribution in [0.2, 0.25) is 0 Å². The summed E-state index contributed by atoms with van der Waals surface area (Å²) < 4.78 is 38.3. The molecule has 3 saturated heterocycles. The van der Waals surface area contributed by atoms with E-state index >= 15 is 0 Å². The van der Waals surface area contributed by atoms with Gasteiger partial charge in [0.1, 0.15) is 35.1 Å². The van der Waals surface area contributed by atoms with Crippen LogP contribution in [0.15, 0.2) is 0 Å². The molecule has 3 aliphatic heterocycles. The number of likely N-dealkylation sites (N-methyl/N-ethyl adjacent to an activating group) is 1. The van der Waals surface area contributed by atoms with Gasteiger partial charge in [-0.2, -0.15) is 0 Å². The molecular weight excluding hydrogens is 726 g/mol. The van der Waals surface area contributed by atoms with Crippen LogP contribution in [0.3, 0.4) is 0 Å². The minimum Gasteiger partial charge on any atom is -0.459 e. The Balaban J connectivity index is 2.16. The fourth-order valence-corrected chi connectivity index (χ4v) is 9.21. The summed E-state index contributed by atoms with van der Waals surface area (Å²) in [6.07, 6.45) is -6.71. The van der Waals surface area contributed by atoms with Crippen LogP contribution >= 0.6 is 0 Å². The molecule has 3 heterocycles. The molecule has 0 spiro atoms. The van der Waals surface area contributed by atoms with E-state index in [0.29, 0.717) is 19.5 Å². The zero-order valence-corrected chi connectivity index (χ0v) is 36.8. The summed E-state index contributed by atoms with van der Waals surface area (Å²) in [6, 6.07) is -0.877. The van der Waals surface area contributed by atoms with Crippen LogP contribution in [-0.2, 0) is 33.2 Å². The number of nitrogens with zero attached hydrogens (tertiary/aromatic N) is 1. The largest absolute Gasteiger partial charge is 0.459 e. The van der Waals surface area contributed by atoms with Gasteiger partial charge in [-0.3, -0.25) is 4.79 Å². The summed E-state index contributed by atoms with van der Waals surface area (Å²) >= 11 is 0. The quantitative estimate of drug-likeness (QED) is 0.118. The van der Waals surface area contributed by atoms with Crippen LogP contribution in [0.5, 0.6) is 0 Å². The van der Waals surface area contributed by atoms with Crippen molar-refractivity contribution in [3.8, 4) is 0 Å². The van der Waals surface area contributed by atoms with Gasteiger partial charge in [0, 0.05) is 38.1 Å². The third-order valence-corrected chi connectivity index (χ3v) is 13.0. The number of rotatable bonds is 11. The number of nitrogens with one attached hydrogen (secondary N) is 2. The predicted octanol–water partition coefficient (Wildman–Crippen LogP) is 1.93. The third kappa shape index (κ3) is 11.0. The van der Waals surface area contributed by atoms with Crippen molar-refractivity contribution in [1.82, 2.24) is 15.5 Å². The lowest BCUT2D eigenvalue weighted by molar-refractivity contribution is -0.336. The monoisotopic (exact) mass is 806 g/mol. The van der Waals surface area contributed by atoms with Gasteiger partial charge in [0.2, 0.25) is 0 Å². The van der Waals surface area contributed by atoms with Crippen molar-refractivity contribution in [3.05, 3.63) is 0 Å². The van der Waals surface area contributed by atoms with Gasteiger partial charge in [-0.15, -0.1) is 0 Å². The molecule has 330 valence electrons. The van der Waals surface area contributed by atoms with Gasteiger partial charge in [0.15, 0.2) is 12.6 Å². The molecule has 56 heavy (non-hydrogen) atoms. The van der Waals surface area contributed by atoms with Crippen molar-refractivity contribution in [3.63, 3.8) is 0 Å². The Hall–Kier alpha value is -1.05. The molecular formula is C41H79N3O12. The number of aliphatic hydroxyl groups excluding tert-OH is 2. The Morgan fingerprint density at radius 2 is 1.61 bits per heavy atom. The summed E-state index contributed by atoms with van der Waals surface area (Å²) in [5.41, 5.74) is -5.95. The van der Waals surface area contributed by atoms with E-state index in [-0.39, 0.29) is 43.9 Å². The summed E-state index contributed by atoms with van der Waals surface area (Å²) in [7, 11) is 5.31. The lowest BCUT2D eigenvalue weighted by Gasteiger charge is -2.53. The van der Waals surface area contributed by atoms with Crippen LogP contribution in [0, 0.1) is 17.8 Å². The van der Waals surface area contributed by atoms with E-state index in [9.17, 15) is 30.3 Å². The van der Waals surface area contributed by atoms with E-state index in [0.717, 1.165) is 6.42 Å². The van der Waals surface area contributed by atoms with Crippen LogP contribution in [-0.4, -0.2) is 167 Å². The van der Waals surface area contributed by atoms with Crippen LogP contribution in [0.1, 0.15) is 108 Å². The first-order valence-electron chi connectivity index (χ1n) is 20.9. The Labute approximate surface area is 336 Å². The molecule has 0 aromatic rings. The maximum atomic E-state index is 14.3. The number of methoxy groups -OCH3 is 1. The van der Waals surface area contributed by atoms with Crippen molar-refractivity contribution in [1.29, 1.82) is 0 Å². The Kier molecular flexibility index (Phi) is 17.6. The lowest BCUT2D eigenvalue weighted by Crippen LogP contribution is -2.70. The van der Waals surface area contributed by atoms with E-state index in [1.54, 1.807) is 34.6 Å². The molecule has 0 bridgehead atoms. The molecule has 0 aromatic carbocycles. The van der Waals surface area contributed by atoms with Crippen LogP contribution < -0.4 is 10.6 Å². The SMILES string of the molecule is CCCNC[C@@]1(O)[C@H](C)O[C@@H](O[C@H]2[C@H](C)[C@@H](O[C@@H]3O[C@H](C)C[C@H](N(C)C)[C@H]3O)[C@@](C)(O)C[C@@H](C)CN[C@@H](C)[C@@H](O)[C@](C)(O)[C@H](CC)OC(=O)[C@@H]2C)C[C@@]1(C)OC. The Morgan fingerprint density at radius 1 is 0.964 bits per heavy atom. The molecule has 0 aliphatic carbocycles. The topological polar surface area (TPSA) is 201 Å². The van der Waals surface area contributed by atoms with Gasteiger partial charge < -0.3 is 69.5 Å². The van der Waals surface area contributed by atoms with Gasteiger partial charge in [0.25, 0.3) is 0 Å². The maximum absolute atomic E-state index is 14.3. The minimum atomic E-state index is -1.81. The second kappa shape index (κ2) is 20.0. The Morgan fingerprint density at radius 3 is 2.18 bits per heavy atom. The number of hydrogen-bond donors (Lipinski definition) is 7. The van der Waals surface area contributed by atoms with Gasteiger partial charge in [-0.05, 0) is 107 Å². The zero-order chi connectivity index (χ0) is 42.6. The number of esters is 1. The highest BCUT2D eigenvalue weighted by atomic mass is 16.7. The van der Waals surface area contributed by atoms with E-state index < -0.39 is 95.5 Å². The highest BCUT2D eigenvalue weighted by Gasteiger charge is 2.58. The molecule has 0 saturated carbocycles. The van der Waals surface area contributed by atoms with Crippen molar-refractivity contribution in [2.45, 2.75) is 198 Å². The number of aliphatic hydroxyl groups is 5. The van der Waals surface area contributed by atoms with Gasteiger partial charge >= 0.3 is 5.97 Å². The fourth-order valence-electron chi connectivity index (χ4n) is 9.21. The van der Waals surface area contributed by atoms with E-state index in [4.69, 9.17) is 28.4 Å². The van der Waals surface area contributed by atoms with Gasteiger partial charge in [0.05, 0.1) is 35.9 Å². The molecule has 18 atom stereocenters. The summed E-state index contributed by atoms with van der Waals surface area (Å²) in [5, 5.41) is 65.8. The minimum absolute atomic E-state index is 0.0939. The van der Waals surface area contributed by atoms with E-state index in [1.807, 2.05) is 53.6 Å². The molecule has 7 N–H and O–H groups in total. The number of carbonyl (C=O) groups is 1. The van der Waals surface area contributed by atoms with Crippen molar-refractivity contribution in [2.75, 3.05) is 40.8 Å². The first-order chi connectivity index (χ1) is 25.9. The zero-order valence-electron chi connectivity index (χ0n) is 36.8. The number of hydrogen-bond acceptors (Lipinski definition) is 15. The Bertz CT molecular complexity index is 1230.